The zero-order chi connectivity index (χ0) is 32.9. The maximum Gasteiger partial charge on any atom is 2.00 e. The monoisotopic (exact) mass is 1010 g/mol. The van der Waals surface area contributed by atoms with E-state index >= 15 is 0 Å². The molecule has 0 atom stereocenters. The van der Waals surface area contributed by atoms with E-state index in [0.29, 0.717) is 0 Å². The van der Waals surface area contributed by atoms with Crippen molar-refractivity contribution in [2.24, 2.45) is 0 Å². The van der Waals surface area contributed by atoms with Crippen molar-refractivity contribution in [3.63, 3.8) is 0 Å². The first-order valence-electron chi connectivity index (χ1n) is 16.1. The Kier molecular flexibility index (Phi) is 11.4. The van der Waals surface area contributed by atoms with E-state index in [1.807, 2.05) is 170 Å². The SMILES string of the molecule is [Pt+2].[Pt+2].[c-]1ccccc1-c1cccc(C(c2cccc(-c3[c-]cccc3)n2)(c2cccc(-c3[c-]cccc3)n2)c2cccc(-c3[c-]cccc3)n2)n1. The molecular formula is C45H28N4Pt2. The summed E-state index contributed by atoms with van der Waals surface area (Å²) in [6.45, 7) is 0. The van der Waals surface area contributed by atoms with Crippen LogP contribution in [0.4, 0.5) is 0 Å². The van der Waals surface area contributed by atoms with Gasteiger partial charge in [-0.2, -0.15) is 0 Å². The van der Waals surface area contributed by atoms with Gasteiger partial charge in [0, 0.05) is 0 Å². The third-order valence-corrected chi connectivity index (χ3v) is 8.47. The van der Waals surface area contributed by atoms with Gasteiger partial charge in [0.25, 0.3) is 0 Å². The smallest absolute Gasteiger partial charge is 0.299 e. The van der Waals surface area contributed by atoms with Gasteiger partial charge >= 0.3 is 42.1 Å². The molecule has 8 aromatic rings. The van der Waals surface area contributed by atoms with E-state index in [0.717, 1.165) is 67.8 Å². The molecule has 0 fully saturated rings. The largest absolute Gasteiger partial charge is 2.00 e. The maximum atomic E-state index is 5.38. The molecule has 4 nitrogen and oxygen atoms in total. The van der Waals surface area contributed by atoms with Crippen molar-refractivity contribution >= 4 is 0 Å². The van der Waals surface area contributed by atoms with Crippen LogP contribution in [-0.4, -0.2) is 19.9 Å². The fourth-order valence-corrected chi connectivity index (χ4v) is 6.17. The summed E-state index contributed by atoms with van der Waals surface area (Å²) in [5.41, 5.74) is 8.47. The molecule has 51 heavy (non-hydrogen) atoms. The van der Waals surface area contributed by atoms with Crippen molar-refractivity contribution in [3.8, 4) is 45.0 Å². The average molecular weight is 1010 g/mol. The van der Waals surface area contributed by atoms with Crippen LogP contribution in [0.15, 0.2) is 170 Å². The minimum atomic E-state index is -1.15. The van der Waals surface area contributed by atoms with E-state index in [1.165, 1.54) is 0 Å². The van der Waals surface area contributed by atoms with Gasteiger partial charge < -0.3 is 0 Å². The molecule has 0 N–H and O–H groups in total. The molecule has 0 radical (unpaired) electrons. The number of hydrogen-bond acceptors (Lipinski definition) is 4. The van der Waals surface area contributed by atoms with Gasteiger partial charge in [-0.1, -0.05) is 48.5 Å². The molecule has 248 valence electrons. The molecule has 8 rings (SSSR count). The van der Waals surface area contributed by atoms with Crippen LogP contribution in [-0.2, 0) is 47.5 Å². The van der Waals surface area contributed by atoms with Gasteiger partial charge in [0.1, 0.15) is 5.41 Å². The van der Waals surface area contributed by atoms with Crippen LogP contribution < -0.4 is 0 Å². The quantitative estimate of drug-likeness (QED) is 0.143. The molecule has 4 aromatic heterocycles. The van der Waals surface area contributed by atoms with Gasteiger partial charge in [0.2, 0.25) is 0 Å². The third-order valence-electron chi connectivity index (χ3n) is 8.47. The van der Waals surface area contributed by atoms with E-state index in [2.05, 4.69) is 24.3 Å². The number of rotatable bonds is 8. The molecule has 0 aliphatic rings. The first kappa shape index (κ1) is 35.7. The van der Waals surface area contributed by atoms with E-state index in [4.69, 9.17) is 19.9 Å². The number of nitrogens with zero attached hydrogens (tertiary/aromatic N) is 4. The maximum absolute atomic E-state index is 5.38. The fraction of sp³-hybridized carbons (Fsp3) is 0.0222. The second kappa shape index (κ2) is 16.3. The van der Waals surface area contributed by atoms with Crippen molar-refractivity contribution in [2.45, 2.75) is 5.41 Å². The minimum Gasteiger partial charge on any atom is -0.299 e. The van der Waals surface area contributed by atoms with E-state index in [-0.39, 0.29) is 42.1 Å². The Morgan fingerprint density at radius 1 is 0.294 bits per heavy atom. The topological polar surface area (TPSA) is 51.6 Å². The van der Waals surface area contributed by atoms with E-state index in [9.17, 15) is 0 Å². The van der Waals surface area contributed by atoms with Crippen LogP contribution in [0.1, 0.15) is 22.8 Å². The molecule has 6 heteroatoms. The van der Waals surface area contributed by atoms with Crippen LogP contribution in [0.5, 0.6) is 0 Å². The van der Waals surface area contributed by atoms with Crippen molar-refractivity contribution < 1.29 is 42.1 Å². The Hall–Kier alpha value is -5.14. The van der Waals surface area contributed by atoms with Crippen LogP contribution in [0.2, 0.25) is 0 Å². The van der Waals surface area contributed by atoms with Gasteiger partial charge in [-0.25, -0.2) is 0 Å². The van der Waals surface area contributed by atoms with Crippen LogP contribution in [0, 0.1) is 24.3 Å². The molecule has 0 spiro atoms. The zero-order valence-electron chi connectivity index (χ0n) is 27.1. The Morgan fingerprint density at radius 3 is 0.765 bits per heavy atom. The summed E-state index contributed by atoms with van der Waals surface area (Å²) in [6, 6.07) is 69.3. The van der Waals surface area contributed by atoms with Gasteiger partial charge in [0.15, 0.2) is 0 Å². The third kappa shape index (κ3) is 7.22. The Balaban J connectivity index is 0.00000224. The summed E-state index contributed by atoms with van der Waals surface area (Å²) >= 11 is 0. The average Bonchev–Trinajstić information content (AvgIpc) is 3.20. The van der Waals surface area contributed by atoms with Crippen LogP contribution >= 0.6 is 0 Å². The molecule has 0 saturated heterocycles. The summed E-state index contributed by atoms with van der Waals surface area (Å²) in [4.78, 5) is 21.5. The number of hydrogen-bond donors (Lipinski definition) is 0. The van der Waals surface area contributed by atoms with Crippen LogP contribution in [0.3, 0.4) is 0 Å². The summed E-state index contributed by atoms with van der Waals surface area (Å²) in [6.07, 6.45) is 0. The number of benzene rings is 4. The Bertz CT molecular complexity index is 2000. The summed E-state index contributed by atoms with van der Waals surface area (Å²) < 4.78 is 0. The van der Waals surface area contributed by atoms with Gasteiger partial charge in [-0.05, 0) is 47.0 Å². The summed E-state index contributed by atoms with van der Waals surface area (Å²) in [7, 11) is 0. The number of aromatic nitrogens is 4. The molecule has 4 heterocycles. The molecule has 0 saturated carbocycles. The van der Waals surface area contributed by atoms with E-state index < -0.39 is 5.41 Å². The van der Waals surface area contributed by atoms with Crippen molar-refractivity contribution in [1.82, 2.24) is 19.9 Å². The second-order valence-electron chi connectivity index (χ2n) is 11.5. The predicted molar refractivity (Wildman–Crippen MR) is 193 cm³/mol. The molecular weight excluding hydrogens is 987 g/mol. The first-order valence-corrected chi connectivity index (χ1v) is 16.1. The molecule has 0 amide bonds. The summed E-state index contributed by atoms with van der Waals surface area (Å²) in [5, 5.41) is 0. The molecule has 4 aromatic carbocycles. The summed E-state index contributed by atoms with van der Waals surface area (Å²) in [5.74, 6) is 0. The number of pyridine rings is 4. The second-order valence-corrected chi connectivity index (χ2v) is 11.5. The Labute approximate surface area is 327 Å². The van der Waals surface area contributed by atoms with Crippen molar-refractivity contribution in [1.29, 1.82) is 0 Å². The van der Waals surface area contributed by atoms with Crippen molar-refractivity contribution in [3.05, 3.63) is 217 Å². The fourth-order valence-electron chi connectivity index (χ4n) is 6.17. The van der Waals surface area contributed by atoms with Crippen molar-refractivity contribution in [2.75, 3.05) is 0 Å². The van der Waals surface area contributed by atoms with Gasteiger partial charge in [-0.3, -0.25) is 19.9 Å². The van der Waals surface area contributed by atoms with E-state index in [1.54, 1.807) is 0 Å². The standard InChI is InChI=1S/C45H28N4.2Pt/c1-5-17-33(18-6-1)37-25-13-29-41(46-37)45(42-30-14-26-38(47-42)34-19-7-2-8-20-34,43-31-15-27-39(48-43)35-21-9-3-10-22-35)44-32-16-28-40(49-44)36-23-11-4-12-24-36;;/h1-17,19,21,23,25-32H;;/q-4;2*+2. The molecule has 0 bridgehead atoms. The predicted octanol–water partition coefficient (Wildman–Crippen LogP) is 9.51. The van der Waals surface area contributed by atoms with Gasteiger partial charge in [0.05, 0.1) is 22.8 Å². The zero-order valence-corrected chi connectivity index (χ0v) is 31.6. The minimum absolute atomic E-state index is 0. The van der Waals surface area contributed by atoms with Gasteiger partial charge in [-0.15, -0.1) is 144 Å². The normalized spacial score (nSPS) is 10.8. The molecule has 0 aliphatic carbocycles. The Morgan fingerprint density at radius 2 is 0.549 bits per heavy atom. The first-order chi connectivity index (χ1) is 24.3. The molecule has 0 unspecified atom stereocenters. The molecule has 0 aliphatic heterocycles. The van der Waals surface area contributed by atoms with Crippen LogP contribution in [0.25, 0.3) is 45.0 Å².